The summed E-state index contributed by atoms with van der Waals surface area (Å²) in [4.78, 5) is 25.0. The molecule has 0 aromatic heterocycles. The van der Waals surface area contributed by atoms with Crippen LogP contribution in [-0.4, -0.2) is 65.9 Å². The molecule has 2 amide bonds. The summed E-state index contributed by atoms with van der Waals surface area (Å²) in [5, 5.41) is 14.2. The minimum Gasteiger partial charge on any atom is -0.481 e. The van der Waals surface area contributed by atoms with Crippen LogP contribution >= 0.6 is 0 Å². The lowest BCUT2D eigenvalue weighted by molar-refractivity contribution is -0.136. The predicted octanol–water partition coefficient (Wildman–Crippen LogP) is 1.57. The SMILES string of the molecule is CC1(C)CN(C2(CNC(=O)NCCC(=O)O)CCCCC2)CCO1. The van der Waals surface area contributed by atoms with Gasteiger partial charge in [-0.15, -0.1) is 0 Å². The molecule has 0 radical (unpaired) electrons. The largest absolute Gasteiger partial charge is 0.481 e. The molecular formula is C17H31N3O4. The van der Waals surface area contributed by atoms with E-state index in [1.165, 1.54) is 19.3 Å². The van der Waals surface area contributed by atoms with Gasteiger partial charge in [-0.2, -0.15) is 0 Å². The minimum absolute atomic E-state index is 0.0105. The van der Waals surface area contributed by atoms with Gasteiger partial charge >= 0.3 is 12.0 Å². The van der Waals surface area contributed by atoms with Gasteiger partial charge in [0.05, 0.1) is 18.6 Å². The molecular weight excluding hydrogens is 310 g/mol. The van der Waals surface area contributed by atoms with E-state index in [1.54, 1.807) is 0 Å². The fourth-order valence-corrected chi connectivity index (χ4v) is 3.83. The van der Waals surface area contributed by atoms with Crippen LogP contribution in [0.3, 0.4) is 0 Å². The lowest BCUT2D eigenvalue weighted by Crippen LogP contribution is -2.63. The number of carboxylic acid groups (broad SMARTS) is 1. The van der Waals surface area contributed by atoms with Gasteiger partial charge in [-0.1, -0.05) is 19.3 Å². The van der Waals surface area contributed by atoms with Crippen LogP contribution in [-0.2, 0) is 9.53 Å². The molecule has 0 aromatic carbocycles. The second-order valence-electron chi connectivity index (χ2n) is 7.57. The number of morpholine rings is 1. The summed E-state index contributed by atoms with van der Waals surface area (Å²) >= 11 is 0. The monoisotopic (exact) mass is 341 g/mol. The second kappa shape index (κ2) is 8.16. The highest BCUT2D eigenvalue weighted by atomic mass is 16.5. The van der Waals surface area contributed by atoms with E-state index in [2.05, 4.69) is 29.4 Å². The quantitative estimate of drug-likeness (QED) is 0.682. The molecule has 7 heteroatoms. The van der Waals surface area contributed by atoms with Crippen molar-refractivity contribution in [2.24, 2.45) is 0 Å². The molecule has 1 saturated carbocycles. The zero-order chi connectivity index (χ0) is 17.6. The first kappa shape index (κ1) is 19.0. The molecule has 138 valence electrons. The maximum Gasteiger partial charge on any atom is 0.314 e. The van der Waals surface area contributed by atoms with Crippen molar-refractivity contribution in [2.45, 2.75) is 63.5 Å². The van der Waals surface area contributed by atoms with Crippen LogP contribution in [0.15, 0.2) is 0 Å². The molecule has 0 unspecified atom stereocenters. The Morgan fingerprint density at radius 3 is 2.50 bits per heavy atom. The van der Waals surface area contributed by atoms with Crippen LogP contribution in [0.4, 0.5) is 4.79 Å². The Hall–Kier alpha value is -1.34. The fourth-order valence-electron chi connectivity index (χ4n) is 3.83. The van der Waals surface area contributed by atoms with E-state index in [4.69, 9.17) is 9.84 Å². The summed E-state index contributed by atoms with van der Waals surface area (Å²) in [6, 6.07) is -0.284. The van der Waals surface area contributed by atoms with Gasteiger partial charge in [0.2, 0.25) is 0 Å². The molecule has 1 heterocycles. The summed E-state index contributed by atoms with van der Waals surface area (Å²) in [5.74, 6) is -0.908. The molecule has 1 aliphatic heterocycles. The number of hydrogen-bond donors (Lipinski definition) is 3. The van der Waals surface area contributed by atoms with E-state index in [-0.39, 0.29) is 30.1 Å². The first-order chi connectivity index (χ1) is 11.3. The molecule has 1 aliphatic carbocycles. The van der Waals surface area contributed by atoms with E-state index >= 15 is 0 Å². The first-order valence-corrected chi connectivity index (χ1v) is 8.96. The van der Waals surface area contributed by atoms with Crippen molar-refractivity contribution < 1.29 is 19.4 Å². The van der Waals surface area contributed by atoms with Crippen molar-refractivity contribution in [3.63, 3.8) is 0 Å². The Morgan fingerprint density at radius 1 is 1.17 bits per heavy atom. The molecule has 0 atom stereocenters. The zero-order valence-electron chi connectivity index (χ0n) is 14.9. The number of hydrogen-bond acceptors (Lipinski definition) is 4. The first-order valence-electron chi connectivity index (χ1n) is 8.96. The number of carbonyl (C=O) groups excluding carboxylic acids is 1. The lowest BCUT2D eigenvalue weighted by atomic mass is 9.79. The second-order valence-corrected chi connectivity index (χ2v) is 7.57. The van der Waals surface area contributed by atoms with Crippen LogP contribution < -0.4 is 10.6 Å². The van der Waals surface area contributed by atoms with Crippen LogP contribution in [0.1, 0.15) is 52.4 Å². The van der Waals surface area contributed by atoms with Gasteiger partial charge in [0.15, 0.2) is 0 Å². The van der Waals surface area contributed by atoms with Crippen LogP contribution in [0, 0.1) is 0 Å². The number of nitrogens with one attached hydrogen (secondary N) is 2. The van der Waals surface area contributed by atoms with Gasteiger partial charge in [-0.3, -0.25) is 9.69 Å². The average molecular weight is 341 g/mol. The summed E-state index contributed by atoms with van der Waals surface area (Å²) in [7, 11) is 0. The van der Waals surface area contributed by atoms with Crippen molar-refractivity contribution in [1.82, 2.24) is 15.5 Å². The maximum atomic E-state index is 12.0. The van der Waals surface area contributed by atoms with E-state index in [0.29, 0.717) is 6.54 Å². The minimum atomic E-state index is -0.908. The van der Waals surface area contributed by atoms with Crippen molar-refractivity contribution in [2.75, 3.05) is 32.8 Å². The molecule has 0 aromatic rings. The number of carboxylic acids is 1. The standard InChI is InChI=1S/C17H31N3O4/c1-16(2)13-20(10-11-24-16)17(7-4-3-5-8-17)12-19-15(23)18-9-6-14(21)22/h3-13H2,1-2H3,(H,21,22)(H2,18,19,23). The fraction of sp³-hybridized carbons (Fsp3) is 0.882. The van der Waals surface area contributed by atoms with E-state index in [0.717, 1.165) is 32.5 Å². The number of rotatable bonds is 6. The van der Waals surface area contributed by atoms with Crippen LogP contribution in [0.5, 0.6) is 0 Å². The number of nitrogens with zero attached hydrogens (tertiary/aromatic N) is 1. The van der Waals surface area contributed by atoms with Crippen molar-refractivity contribution >= 4 is 12.0 Å². The number of carbonyl (C=O) groups is 2. The Morgan fingerprint density at radius 2 is 1.88 bits per heavy atom. The zero-order valence-corrected chi connectivity index (χ0v) is 14.9. The molecule has 3 N–H and O–H groups in total. The van der Waals surface area contributed by atoms with Crippen molar-refractivity contribution in [3.05, 3.63) is 0 Å². The Labute approximate surface area is 144 Å². The van der Waals surface area contributed by atoms with Gasteiger partial charge < -0.3 is 20.5 Å². The third kappa shape index (κ3) is 5.34. The van der Waals surface area contributed by atoms with E-state index < -0.39 is 5.97 Å². The topological polar surface area (TPSA) is 90.9 Å². The number of ether oxygens (including phenoxy) is 1. The van der Waals surface area contributed by atoms with Gasteiger partial charge in [0.1, 0.15) is 0 Å². The Kier molecular flexibility index (Phi) is 6.46. The van der Waals surface area contributed by atoms with Gasteiger partial charge in [-0.25, -0.2) is 4.79 Å². The maximum absolute atomic E-state index is 12.0. The van der Waals surface area contributed by atoms with Gasteiger partial charge in [0, 0.05) is 31.7 Å². The molecule has 1 saturated heterocycles. The van der Waals surface area contributed by atoms with Gasteiger partial charge in [-0.05, 0) is 26.7 Å². The lowest BCUT2D eigenvalue weighted by Gasteiger charge is -2.51. The Bertz CT molecular complexity index is 447. The highest BCUT2D eigenvalue weighted by Crippen LogP contribution is 2.35. The smallest absolute Gasteiger partial charge is 0.314 e. The van der Waals surface area contributed by atoms with E-state index in [9.17, 15) is 9.59 Å². The summed E-state index contributed by atoms with van der Waals surface area (Å²) in [6.45, 7) is 7.46. The predicted molar refractivity (Wildman–Crippen MR) is 91.1 cm³/mol. The van der Waals surface area contributed by atoms with Crippen LogP contribution in [0.2, 0.25) is 0 Å². The summed E-state index contributed by atoms with van der Waals surface area (Å²) in [5.41, 5.74) is -0.171. The number of urea groups is 1. The van der Waals surface area contributed by atoms with Crippen molar-refractivity contribution in [3.8, 4) is 0 Å². The van der Waals surface area contributed by atoms with Crippen LogP contribution in [0.25, 0.3) is 0 Å². The third-order valence-corrected chi connectivity index (χ3v) is 5.08. The molecule has 2 fully saturated rings. The number of aliphatic carboxylic acids is 1. The highest BCUT2D eigenvalue weighted by Gasteiger charge is 2.42. The molecule has 2 rings (SSSR count). The molecule has 0 bridgehead atoms. The molecule has 0 spiro atoms. The average Bonchev–Trinajstić information content (AvgIpc) is 2.52. The summed E-state index contributed by atoms with van der Waals surface area (Å²) in [6.07, 6.45) is 5.72. The normalized spacial score (nSPS) is 23.4. The van der Waals surface area contributed by atoms with E-state index in [1.807, 2.05) is 0 Å². The molecule has 7 nitrogen and oxygen atoms in total. The highest BCUT2D eigenvalue weighted by molar-refractivity contribution is 5.75. The molecule has 2 aliphatic rings. The van der Waals surface area contributed by atoms with Gasteiger partial charge in [0.25, 0.3) is 0 Å². The third-order valence-electron chi connectivity index (χ3n) is 5.08. The molecule has 24 heavy (non-hydrogen) atoms. The number of amides is 2. The summed E-state index contributed by atoms with van der Waals surface area (Å²) < 4.78 is 5.84. The van der Waals surface area contributed by atoms with Crippen molar-refractivity contribution in [1.29, 1.82) is 0 Å². The Balaban J connectivity index is 1.92.